The van der Waals surface area contributed by atoms with Crippen molar-refractivity contribution in [3.05, 3.63) is 59.2 Å². The molecule has 8 nitrogen and oxygen atoms in total. The smallest absolute Gasteiger partial charge is 0.335 e. The summed E-state index contributed by atoms with van der Waals surface area (Å²) in [6.45, 7) is 3.88. The molecule has 2 N–H and O–H groups in total. The van der Waals surface area contributed by atoms with Crippen molar-refractivity contribution in [2.75, 3.05) is 12.0 Å². The van der Waals surface area contributed by atoms with Gasteiger partial charge in [0.1, 0.15) is 5.57 Å². The van der Waals surface area contributed by atoms with E-state index in [4.69, 9.17) is 26.8 Å². The summed E-state index contributed by atoms with van der Waals surface area (Å²) >= 11 is 5.19. The highest BCUT2D eigenvalue weighted by Gasteiger charge is 2.35. The predicted molar refractivity (Wildman–Crippen MR) is 123 cm³/mol. The monoisotopic (exact) mass is 454 g/mol. The van der Waals surface area contributed by atoms with Gasteiger partial charge in [0.25, 0.3) is 11.8 Å². The molecule has 0 aromatic heterocycles. The maximum atomic E-state index is 13.2. The molecule has 9 heteroatoms. The maximum absolute atomic E-state index is 13.2. The molecule has 0 bridgehead atoms. The largest absolute Gasteiger partial charge is 0.493 e. The number of rotatable bonds is 7. The standard InChI is InChI=1S/C23H22N2O6S/c1-4-13(2)31-19-15(6-5-7-18(19)30-3)12-17-20(26)24-23(32)25(21(17)27)16-10-8-14(9-11-16)22(28)29/h5-13H,4H2,1-3H3,(H,28,29)(H,24,26,32)/b17-12+/t13-/m0/s1. The summed E-state index contributed by atoms with van der Waals surface area (Å²) < 4.78 is 11.4. The Morgan fingerprint density at radius 3 is 2.50 bits per heavy atom. The summed E-state index contributed by atoms with van der Waals surface area (Å²) in [4.78, 5) is 38.1. The Kier molecular flexibility index (Phi) is 6.89. The number of anilines is 1. The summed E-state index contributed by atoms with van der Waals surface area (Å²) in [6, 6.07) is 10.8. The summed E-state index contributed by atoms with van der Waals surface area (Å²) in [7, 11) is 1.51. The number of carboxylic acid groups (broad SMARTS) is 1. The van der Waals surface area contributed by atoms with Crippen molar-refractivity contribution >= 4 is 46.9 Å². The van der Waals surface area contributed by atoms with Crippen molar-refractivity contribution in [3.63, 3.8) is 0 Å². The zero-order chi connectivity index (χ0) is 23.4. The normalized spacial score (nSPS) is 16.0. The average molecular weight is 455 g/mol. The zero-order valence-corrected chi connectivity index (χ0v) is 18.6. The molecule has 1 fully saturated rings. The van der Waals surface area contributed by atoms with E-state index in [1.165, 1.54) is 37.5 Å². The van der Waals surface area contributed by atoms with Crippen LogP contribution in [0.1, 0.15) is 36.2 Å². The molecule has 2 aromatic rings. The highest BCUT2D eigenvalue weighted by atomic mass is 32.1. The third kappa shape index (κ3) is 4.62. The molecule has 0 saturated carbocycles. The van der Waals surface area contributed by atoms with E-state index in [2.05, 4.69) is 5.32 Å². The molecule has 2 aromatic carbocycles. The molecule has 0 spiro atoms. The number of thiocarbonyl (C=S) groups is 1. The van der Waals surface area contributed by atoms with Crippen LogP contribution in [0.2, 0.25) is 0 Å². The molecule has 3 rings (SSSR count). The lowest BCUT2D eigenvalue weighted by molar-refractivity contribution is -0.122. The molecule has 1 atom stereocenters. The van der Waals surface area contributed by atoms with Crippen molar-refractivity contribution in [3.8, 4) is 11.5 Å². The number of carbonyl (C=O) groups excluding carboxylic acids is 2. The van der Waals surface area contributed by atoms with Crippen molar-refractivity contribution in [2.24, 2.45) is 0 Å². The average Bonchev–Trinajstić information content (AvgIpc) is 2.77. The second-order valence-electron chi connectivity index (χ2n) is 7.03. The Hall–Kier alpha value is -3.72. The van der Waals surface area contributed by atoms with Crippen LogP contribution in [0.4, 0.5) is 5.69 Å². The molecule has 2 amide bonds. The first-order valence-corrected chi connectivity index (χ1v) is 10.3. The number of nitrogens with zero attached hydrogens (tertiary/aromatic N) is 1. The fraction of sp³-hybridized carbons (Fsp3) is 0.217. The van der Waals surface area contributed by atoms with Gasteiger partial charge in [0.2, 0.25) is 0 Å². The number of nitrogens with one attached hydrogen (secondary N) is 1. The van der Waals surface area contributed by atoms with Crippen molar-refractivity contribution in [1.29, 1.82) is 0 Å². The first-order valence-electron chi connectivity index (χ1n) is 9.85. The van der Waals surface area contributed by atoms with Crippen LogP contribution in [0.3, 0.4) is 0 Å². The van der Waals surface area contributed by atoms with E-state index in [0.29, 0.717) is 22.7 Å². The number of methoxy groups -OCH3 is 1. The fourth-order valence-corrected chi connectivity index (χ4v) is 3.30. The minimum atomic E-state index is -1.09. The molecule has 1 heterocycles. The minimum absolute atomic E-state index is 0.0622. The zero-order valence-electron chi connectivity index (χ0n) is 17.7. The lowest BCUT2D eigenvalue weighted by Gasteiger charge is -2.29. The third-order valence-corrected chi connectivity index (χ3v) is 5.18. The molecule has 32 heavy (non-hydrogen) atoms. The maximum Gasteiger partial charge on any atom is 0.335 e. The molecule has 166 valence electrons. The van der Waals surface area contributed by atoms with Crippen molar-refractivity contribution in [1.82, 2.24) is 5.32 Å². The third-order valence-electron chi connectivity index (χ3n) is 4.90. The number of carbonyl (C=O) groups is 3. The topological polar surface area (TPSA) is 105 Å². The van der Waals surface area contributed by atoms with Crippen molar-refractivity contribution in [2.45, 2.75) is 26.4 Å². The second kappa shape index (κ2) is 9.61. The van der Waals surface area contributed by atoms with Gasteiger partial charge in [0.05, 0.1) is 24.5 Å². The summed E-state index contributed by atoms with van der Waals surface area (Å²) in [6.07, 6.45) is 2.07. The van der Waals surface area contributed by atoms with E-state index in [0.717, 1.165) is 11.3 Å². The molecule has 0 aliphatic carbocycles. The summed E-state index contributed by atoms with van der Waals surface area (Å²) in [5, 5.41) is 11.5. The first-order chi connectivity index (χ1) is 15.3. The predicted octanol–water partition coefficient (Wildman–Crippen LogP) is 3.40. The van der Waals surface area contributed by atoms with Crippen LogP contribution in [0.15, 0.2) is 48.0 Å². The van der Waals surface area contributed by atoms with Gasteiger partial charge in [0, 0.05) is 5.56 Å². The number of benzene rings is 2. The van der Waals surface area contributed by atoms with Crippen LogP contribution < -0.4 is 19.7 Å². The second-order valence-corrected chi connectivity index (χ2v) is 7.41. The number of carboxylic acids is 1. The van der Waals surface area contributed by atoms with Crippen LogP contribution >= 0.6 is 12.2 Å². The number of para-hydroxylation sites is 1. The lowest BCUT2D eigenvalue weighted by Crippen LogP contribution is -2.54. The first kappa shape index (κ1) is 23.0. The van der Waals surface area contributed by atoms with Crippen molar-refractivity contribution < 1.29 is 29.0 Å². The van der Waals surface area contributed by atoms with Crippen LogP contribution in [0, 0.1) is 0 Å². The fourth-order valence-electron chi connectivity index (χ4n) is 3.02. The van der Waals surface area contributed by atoms with E-state index >= 15 is 0 Å². The SMILES string of the molecule is CC[C@H](C)Oc1c(/C=C2\C(=O)NC(=S)N(c3ccc(C(=O)O)cc3)C2=O)cccc1OC. The molecule has 1 saturated heterocycles. The number of ether oxygens (including phenoxy) is 2. The highest BCUT2D eigenvalue weighted by Crippen LogP contribution is 2.34. The quantitative estimate of drug-likeness (QED) is 0.375. The van der Waals surface area contributed by atoms with Gasteiger partial charge in [0.15, 0.2) is 16.6 Å². The van der Waals surface area contributed by atoms with Gasteiger partial charge < -0.3 is 14.6 Å². The van der Waals surface area contributed by atoms with Gasteiger partial charge in [-0.05, 0) is 62.0 Å². The van der Waals surface area contributed by atoms with Crippen LogP contribution in [0.5, 0.6) is 11.5 Å². The Balaban J connectivity index is 2.04. The Morgan fingerprint density at radius 2 is 1.91 bits per heavy atom. The Morgan fingerprint density at radius 1 is 1.22 bits per heavy atom. The number of hydrogen-bond acceptors (Lipinski definition) is 6. The molecule has 0 radical (unpaired) electrons. The lowest BCUT2D eigenvalue weighted by atomic mass is 10.1. The highest BCUT2D eigenvalue weighted by molar-refractivity contribution is 7.80. The van der Waals surface area contributed by atoms with Crippen LogP contribution in [-0.2, 0) is 9.59 Å². The molecule has 0 unspecified atom stereocenters. The molecular formula is C23H22N2O6S. The molecule has 1 aliphatic heterocycles. The number of hydrogen-bond donors (Lipinski definition) is 2. The van der Waals surface area contributed by atoms with E-state index in [1.807, 2.05) is 13.8 Å². The van der Waals surface area contributed by atoms with E-state index in [1.54, 1.807) is 18.2 Å². The van der Waals surface area contributed by atoms with Gasteiger partial charge in [-0.1, -0.05) is 19.1 Å². The van der Waals surface area contributed by atoms with Gasteiger partial charge in [-0.15, -0.1) is 0 Å². The van der Waals surface area contributed by atoms with Gasteiger partial charge >= 0.3 is 5.97 Å². The molecule has 1 aliphatic rings. The Bertz CT molecular complexity index is 1110. The minimum Gasteiger partial charge on any atom is -0.493 e. The van der Waals surface area contributed by atoms with Gasteiger partial charge in [-0.2, -0.15) is 0 Å². The number of amides is 2. The summed E-state index contributed by atoms with van der Waals surface area (Å²) in [5.41, 5.74) is 0.741. The van der Waals surface area contributed by atoms with E-state index in [9.17, 15) is 14.4 Å². The van der Waals surface area contributed by atoms with E-state index in [-0.39, 0.29) is 22.4 Å². The Labute approximate surface area is 190 Å². The van der Waals surface area contributed by atoms with Gasteiger partial charge in [-0.3, -0.25) is 19.8 Å². The van der Waals surface area contributed by atoms with Crippen LogP contribution in [0.25, 0.3) is 6.08 Å². The van der Waals surface area contributed by atoms with Gasteiger partial charge in [-0.25, -0.2) is 4.79 Å². The number of aromatic carboxylic acids is 1. The van der Waals surface area contributed by atoms with E-state index < -0.39 is 17.8 Å². The summed E-state index contributed by atoms with van der Waals surface area (Å²) in [5.74, 6) is -1.48. The molecular weight excluding hydrogens is 432 g/mol. The van der Waals surface area contributed by atoms with Crippen LogP contribution in [-0.4, -0.2) is 41.2 Å².